The van der Waals surface area contributed by atoms with Crippen molar-refractivity contribution in [1.29, 1.82) is 0 Å². The Bertz CT molecular complexity index is 787. The molecule has 118 valence electrons. The Labute approximate surface area is 136 Å². The van der Waals surface area contributed by atoms with Crippen LogP contribution in [0.25, 0.3) is 5.57 Å². The fourth-order valence-corrected chi connectivity index (χ4v) is 3.09. The second kappa shape index (κ2) is 6.29. The standard InChI is InChI=1S/C20H20O3/c1-13-11-15(9-10-19(13)22-2)17-6-4-5-14-7-8-16(12-18(14)17)20(21)23-3/h6-12H,4-5H2,1-3H3. The molecule has 0 unspecified atom stereocenters. The number of methoxy groups -OCH3 is 2. The van der Waals surface area contributed by atoms with Crippen LogP contribution in [-0.4, -0.2) is 20.2 Å². The molecule has 0 aromatic heterocycles. The number of aryl methyl sites for hydroxylation is 2. The van der Waals surface area contributed by atoms with Gasteiger partial charge in [0.05, 0.1) is 19.8 Å². The first-order valence-corrected chi connectivity index (χ1v) is 7.71. The van der Waals surface area contributed by atoms with Gasteiger partial charge >= 0.3 is 5.97 Å². The molecule has 2 aromatic rings. The number of rotatable bonds is 3. The fraction of sp³-hybridized carbons (Fsp3) is 0.250. The second-order valence-electron chi connectivity index (χ2n) is 5.70. The first-order valence-electron chi connectivity index (χ1n) is 7.71. The zero-order valence-electron chi connectivity index (χ0n) is 13.7. The van der Waals surface area contributed by atoms with Crippen LogP contribution in [0.2, 0.25) is 0 Å². The largest absolute Gasteiger partial charge is 0.496 e. The molecule has 2 aromatic carbocycles. The zero-order chi connectivity index (χ0) is 16.4. The number of esters is 1. The lowest BCUT2D eigenvalue weighted by Crippen LogP contribution is -2.06. The van der Waals surface area contributed by atoms with Crippen LogP contribution in [0, 0.1) is 6.92 Å². The molecule has 0 atom stereocenters. The Kier molecular flexibility index (Phi) is 4.20. The summed E-state index contributed by atoms with van der Waals surface area (Å²) in [5.41, 5.74) is 6.38. The third kappa shape index (κ3) is 2.87. The summed E-state index contributed by atoms with van der Waals surface area (Å²) >= 11 is 0. The molecule has 0 radical (unpaired) electrons. The van der Waals surface area contributed by atoms with Crippen LogP contribution in [0.1, 0.15) is 39.0 Å². The highest BCUT2D eigenvalue weighted by Crippen LogP contribution is 2.34. The smallest absolute Gasteiger partial charge is 0.337 e. The number of fused-ring (bicyclic) bond motifs is 1. The van der Waals surface area contributed by atoms with Crippen LogP contribution in [0.3, 0.4) is 0 Å². The minimum absolute atomic E-state index is 0.302. The van der Waals surface area contributed by atoms with Gasteiger partial charge in [-0.25, -0.2) is 4.79 Å². The molecule has 3 nitrogen and oxygen atoms in total. The van der Waals surface area contributed by atoms with Gasteiger partial charge in [0.25, 0.3) is 0 Å². The van der Waals surface area contributed by atoms with E-state index in [9.17, 15) is 4.79 Å². The van der Waals surface area contributed by atoms with E-state index in [4.69, 9.17) is 9.47 Å². The van der Waals surface area contributed by atoms with E-state index in [0.717, 1.165) is 35.3 Å². The molecule has 3 heteroatoms. The van der Waals surface area contributed by atoms with Gasteiger partial charge in [0, 0.05) is 0 Å². The Morgan fingerprint density at radius 1 is 1.09 bits per heavy atom. The quantitative estimate of drug-likeness (QED) is 0.798. The minimum atomic E-state index is -0.302. The Morgan fingerprint density at radius 3 is 2.61 bits per heavy atom. The number of ether oxygens (including phenoxy) is 2. The Morgan fingerprint density at radius 2 is 1.91 bits per heavy atom. The van der Waals surface area contributed by atoms with Crippen LogP contribution < -0.4 is 4.74 Å². The number of hydrogen-bond acceptors (Lipinski definition) is 3. The number of carbonyl (C=O) groups is 1. The van der Waals surface area contributed by atoms with E-state index in [1.807, 2.05) is 31.2 Å². The number of hydrogen-bond donors (Lipinski definition) is 0. The lowest BCUT2D eigenvalue weighted by Gasteiger charge is -2.20. The van der Waals surface area contributed by atoms with E-state index in [0.29, 0.717) is 5.56 Å². The zero-order valence-corrected chi connectivity index (χ0v) is 13.7. The summed E-state index contributed by atoms with van der Waals surface area (Å²) in [5.74, 6) is 0.581. The molecule has 0 spiro atoms. The van der Waals surface area contributed by atoms with E-state index in [1.54, 1.807) is 7.11 Å². The van der Waals surface area contributed by atoms with Crippen LogP contribution in [0.5, 0.6) is 5.75 Å². The molecule has 0 amide bonds. The van der Waals surface area contributed by atoms with Crippen LogP contribution in [0.15, 0.2) is 42.5 Å². The first-order chi connectivity index (χ1) is 11.1. The SMILES string of the molecule is COC(=O)c1ccc2c(c1)C(c1ccc(OC)c(C)c1)=CCC2. The molecule has 0 fully saturated rings. The first kappa shape index (κ1) is 15.3. The summed E-state index contributed by atoms with van der Waals surface area (Å²) < 4.78 is 10.2. The predicted octanol–water partition coefficient (Wildman–Crippen LogP) is 4.17. The Balaban J connectivity index is 2.07. The number of carbonyl (C=O) groups excluding carboxylic acids is 1. The summed E-state index contributed by atoms with van der Waals surface area (Å²) in [7, 11) is 3.09. The molecular formula is C20H20O3. The molecule has 0 heterocycles. The maximum absolute atomic E-state index is 11.8. The van der Waals surface area contributed by atoms with Gasteiger partial charge in [-0.1, -0.05) is 18.2 Å². The van der Waals surface area contributed by atoms with Gasteiger partial charge in [0.1, 0.15) is 5.75 Å². The summed E-state index contributed by atoms with van der Waals surface area (Å²) in [6, 6.07) is 12.0. The molecule has 1 aliphatic carbocycles. The summed E-state index contributed by atoms with van der Waals surface area (Å²) in [6.45, 7) is 2.04. The predicted molar refractivity (Wildman–Crippen MR) is 90.9 cm³/mol. The van der Waals surface area contributed by atoms with Crippen molar-refractivity contribution in [2.24, 2.45) is 0 Å². The minimum Gasteiger partial charge on any atom is -0.496 e. The molecule has 0 saturated carbocycles. The van der Waals surface area contributed by atoms with Gasteiger partial charge in [-0.3, -0.25) is 0 Å². The average molecular weight is 308 g/mol. The van der Waals surface area contributed by atoms with E-state index in [2.05, 4.69) is 18.2 Å². The topological polar surface area (TPSA) is 35.5 Å². The van der Waals surface area contributed by atoms with E-state index < -0.39 is 0 Å². The molecular weight excluding hydrogens is 288 g/mol. The lowest BCUT2D eigenvalue weighted by molar-refractivity contribution is 0.0600. The third-order valence-electron chi connectivity index (χ3n) is 4.29. The Hall–Kier alpha value is -2.55. The second-order valence-corrected chi connectivity index (χ2v) is 5.70. The maximum atomic E-state index is 11.8. The van der Waals surface area contributed by atoms with Gasteiger partial charge in [-0.05, 0) is 71.9 Å². The van der Waals surface area contributed by atoms with Crippen molar-refractivity contribution in [1.82, 2.24) is 0 Å². The highest BCUT2D eigenvalue weighted by molar-refractivity contribution is 5.92. The monoisotopic (exact) mass is 308 g/mol. The van der Waals surface area contributed by atoms with Crippen molar-refractivity contribution < 1.29 is 14.3 Å². The highest BCUT2D eigenvalue weighted by atomic mass is 16.5. The molecule has 3 rings (SSSR count). The molecule has 0 N–H and O–H groups in total. The van der Waals surface area contributed by atoms with Gasteiger partial charge < -0.3 is 9.47 Å². The van der Waals surface area contributed by atoms with Crippen LogP contribution in [0.4, 0.5) is 0 Å². The van der Waals surface area contributed by atoms with Crippen molar-refractivity contribution in [2.45, 2.75) is 19.8 Å². The molecule has 23 heavy (non-hydrogen) atoms. The number of benzene rings is 2. The molecule has 1 aliphatic rings. The third-order valence-corrected chi connectivity index (χ3v) is 4.29. The highest BCUT2D eigenvalue weighted by Gasteiger charge is 2.17. The normalized spacial score (nSPS) is 13.1. The summed E-state index contributed by atoms with van der Waals surface area (Å²) in [4.78, 5) is 11.8. The summed E-state index contributed by atoms with van der Waals surface area (Å²) in [5, 5.41) is 0. The van der Waals surface area contributed by atoms with Crippen molar-refractivity contribution in [3.63, 3.8) is 0 Å². The van der Waals surface area contributed by atoms with E-state index >= 15 is 0 Å². The van der Waals surface area contributed by atoms with Crippen molar-refractivity contribution >= 4 is 11.5 Å². The van der Waals surface area contributed by atoms with E-state index in [1.165, 1.54) is 18.2 Å². The van der Waals surface area contributed by atoms with E-state index in [-0.39, 0.29) is 5.97 Å². The summed E-state index contributed by atoms with van der Waals surface area (Å²) in [6.07, 6.45) is 4.24. The van der Waals surface area contributed by atoms with Gasteiger partial charge in [0.2, 0.25) is 0 Å². The lowest BCUT2D eigenvalue weighted by atomic mass is 9.85. The van der Waals surface area contributed by atoms with Gasteiger partial charge in [-0.15, -0.1) is 0 Å². The van der Waals surface area contributed by atoms with Crippen molar-refractivity contribution in [3.05, 3.63) is 70.3 Å². The molecule has 0 saturated heterocycles. The molecule has 0 bridgehead atoms. The van der Waals surface area contributed by atoms with Gasteiger partial charge in [-0.2, -0.15) is 0 Å². The van der Waals surface area contributed by atoms with Crippen LogP contribution in [-0.2, 0) is 11.2 Å². The molecule has 0 aliphatic heterocycles. The van der Waals surface area contributed by atoms with Crippen LogP contribution >= 0.6 is 0 Å². The van der Waals surface area contributed by atoms with Gasteiger partial charge in [0.15, 0.2) is 0 Å². The van der Waals surface area contributed by atoms with Crippen molar-refractivity contribution in [3.8, 4) is 5.75 Å². The van der Waals surface area contributed by atoms with Crippen molar-refractivity contribution in [2.75, 3.05) is 14.2 Å². The number of allylic oxidation sites excluding steroid dienone is 1. The average Bonchev–Trinajstić information content (AvgIpc) is 2.60. The fourth-order valence-electron chi connectivity index (χ4n) is 3.09. The maximum Gasteiger partial charge on any atom is 0.337 e.